The van der Waals surface area contributed by atoms with Crippen LogP contribution in [0.25, 0.3) is 0 Å². The van der Waals surface area contributed by atoms with Gasteiger partial charge in [-0.05, 0) is 31.0 Å². The van der Waals surface area contributed by atoms with Crippen LogP contribution in [0, 0.1) is 0 Å². The number of methoxy groups -OCH3 is 1. The van der Waals surface area contributed by atoms with Gasteiger partial charge in [0, 0.05) is 18.0 Å². The van der Waals surface area contributed by atoms with Crippen molar-refractivity contribution in [3.8, 4) is 5.75 Å². The van der Waals surface area contributed by atoms with Crippen molar-refractivity contribution in [2.24, 2.45) is 0 Å². The number of hydrogen-bond donors (Lipinski definition) is 1. The molecule has 4 nitrogen and oxygen atoms in total. The minimum Gasteiger partial charge on any atom is -0.497 e. The molecule has 0 fully saturated rings. The molecule has 108 valence electrons. The first-order valence-electron chi connectivity index (χ1n) is 7.18. The van der Waals surface area contributed by atoms with Gasteiger partial charge in [0.05, 0.1) is 25.4 Å². The molecule has 20 heavy (non-hydrogen) atoms. The Morgan fingerprint density at radius 1 is 1.25 bits per heavy atom. The third kappa shape index (κ3) is 3.53. The molecule has 0 bridgehead atoms. The zero-order valence-electron chi connectivity index (χ0n) is 12.5. The summed E-state index contributed by atoms with van der Waals surface area (Å²) in [6.07, 6.45) is 4.29. The SMILES string of the molecule is CCC(CC)n1ccc(CNc2cccc(OC)c2)n1. The Bertz CT molecular complexity index is 532. The maximum atomic E-state index is 5.21. The number of hydrogen-bond acceptors (Lipinski definition) is 3. The lowest BCUT2D eigenvalue weighted by Crippen LogP contribution is -2.09. The zero-order chi connectivity index (χ0) is 14.4. The molecule has 0 saturated carbocycles. The van der Waals surface area contributed by atoms with Crippen LogP contribution >= 0.6 is 0 Å². The van der Waals surface area contributed by atoms with Crippen LogP contribution < -0.4 is 10.1 Å². The molecule has 1 heterocycles. The fraction of sp³-hybridized carbons (Fsp3) is 0.438. The maximum Gasteiger partial charge on any atom is 0.120 e. The molecule has 0 atom stereocenters. The van der Waals surface area contributed by atoms with E-state index < -0.39 is 0 Å². The van der Waals surface area contributed by atoms with E-state index in [1.54, 1.807) is 7.11 Å². The highest BCUT2D eigenvalue weighted by molar-refractivity contribution is 5.48. The van der Waals surface area contributed by atoms with Crippen LogP contribution in [0.5, 0.6) is 5.75 Å². The molecular weight excluding hydrogens is 250 g/mol. The molecule has 0 aliphatic carbocycles. The van der Waals surface area contributed by atoms with E-state index in [4.69, 9.17) is 4.74 Å². The Morgan fingerprint density at radius 3 is 2.75 bits per heavy atom. The van der Waals surface area contributed by atoms with E-state index in [-0.39, 0.29) is 0 Å². The first kappa shape index (κ1) is 14.4. The molecule has 1 aromatic carbocycles. The molecule has 0 unspecified atom stereocenters. The fourth-order valence-corrected chi connectivity index (χ4v) is 2.26. The topological polar surface area (TPSA) is 39.1 Å². The van der Waals surface area contributed by atoms with Crippen LogP contribution in [0.4, 0.5) is 5.69 Å². The van der Waals surface area contributed by atoms with Crippen molar-refractivity contribution >= 4 is 5.69 Å². The van der Waals surface area contributed by atoms with Crippen molar-refractivity contribution in [2.45, 2.75) is 39.3 Å². The Balaban J connectivity index is 1.97. The van der Waals surface area contributed by atoms with Gasteiger partial charge in [-0.3, -0.25) is 4.68 Å². The highest BCUT2D eigenvalue weighted by Gasteiger charge is 2.07. The molecule has 0 amide bonds. The Kier molecular flexibility index (Phi) is 5.04. The second-order valence-electron chi connectivity index (χ2n) is 4.84. The van der Waals surface area contributed by atoms with E-state index >= 15 is 0 Å². The average Bonchev–Trinajstić information content (AvgIpc) is 2.95. The minimum absolute atomic E-state index is 0.501. The standard InChI is InChI=1S/C16H23N3O/c1-4-15(5-2)19-10-9-14(18-19)12-17-13-7-6-8-16(11-13)20-3/h6-11,15,17H,4-5,12H2,1-3H3. The van der Waals surface area contributed by atoms with Crippen molar-refractivity contribution in [2.75, 3.05) is 12.4 Å². The van der Waals surface area contributed by atoms with Crippen LogP contribution in [-0.2, 0) is 6.54 Å². The molecule has 0 saturated heterocycles. The van der Waals surface area contributed by atoms with Gasteiger partial charge in [0.1, 0.15) is 5.75 Å². The smallest absolute Gasteiger partial charge is 0.120 e. The van der Waals surface area contributed by atoms with Gasteiger partial charge in [-0.25, -0.2) is 0 Å². The fourth-order valence-electron chi connectivity index (χ4n) is 2.26. The molecule has 0 spiro atoms. The normalized spacial score (nSPS) is 10.8. The van der Waals surface area contributed by atoms with Gasteiger partial charge in [0.25, 0.3) is 0 Å². The largest absolute Gasteiger partial charge is 0.497 e. The first-order chi connectivity index (χ1) is 9.76. The molecular formula is C16H23N3O. The molecule has 4 heteroatoms. The number of nitrogens with one attached hydrogen (secondary N) is 1. The molecule has 2 aromatic rings. The lowest BCUT2D eigenvalue weighted by atomic mass is 10.2. The van der Waals surface area contributed by atoms with Gasteiger partial charge < -0.3 is 10.1 Å². The monoisotopic (exact) mass is 273 g/mol. The summed E-state index contributed by atoms with van der Waals surface area (Å²) in [6, 6.07) is 10.5. The number of aromatic nitrogens is 2. The molecule has 1 aromatic heterocycles. The van der Waals surface area contributed by atoms with Gasteiger partial charge in [0.2, 0.25) is 0 Å². The van der Waals surface area contributed by atoms with Crippen molar-refractivity contribution in [1.82, 2.24) is 9.78 Å². The van der Waals surface area contributed by atoms with E-state index in [9.17, 15) is 0 Å². The summed E-state index contributed by atoms with van der Waals surface area (Å²) in [5.74, 6) is 0.859. The molecule has 0 radical (unpaired) electrons. The third-order valence-corrected chi connectivity index (χ3v) is 3.52. The van der Waals surface area contributed by atoms with Crippen LogP contribution in [0.3, 0.4) is 0 Å². The van der Waals surface area contributed by atoms with E-state index in [1.165, 1.54) is 0 Å². The second kappa shape index (κ2) is 6.98. The van der Waals surface area contributed by atoms with Gasteiger partial charge in [-0.1, -0.05) is 19.9 Å². The number of ether oxygens (including phenoxy) is 1. The van der Waals surface area contributed by atoms with Crippen molar-refractivity contribution in [3.05, 3.63) is 42.2 Å². The van der Waals surface area contributed by atoms with E-state index in [2.05, 4.69) is 41.2 Å². The predicted octanol–water partition coefficient (Wildman–Crippen LogP) is 3.86. The minimum atomic E-state index is 0.501. The van der Waals surface area contributed by atoms with E-state index in [0.717, 1.165) is 36.5 Å². The summed E-state index contributed by atoms with van der Waals surface area (Å²) in [7, 11) is 1.68. The number of benzene rings is 1. The summed E-state index contributed by atoms with van der Waals surface area (Å²) < 4.78 is 7.28. The van der Waals surface area contributed by atoms with Crippen molar-refractivity contribution < 1.29 is 4.74 Å². The highest BCUT2D eigenvalue weighted by atomic mass is 16.5. The van der Waals surface area contributed by atoms with Crippen molar-refractivity contribution in [1.29, 1.82) is 0 Å². The summed E-state index contributed by atoms with van der Waals surface area (Å²) in [5, 5.41) is 8.00. The van der Waals surface area contributed by atoms with Gasteiger partial charge in [-0.2, -0.15) is 5.10 Å². The van der Waals surface area contributed by atoms with Crippen LogP contribution in [0.15, 0.2) is 36.5 Å². The average molecular weight is 273 g/mol. The number of rotatable bonds is 7. The van der Waals surface area contributed by atoms with Crippen molar-refractivity contribution in [3.63, 3.8) is 0 Å². The first-order valence-corrected chi connectivity index (χ1v) is 7.18. The zero-order valence-corrected chi connectivity index (χ0v) is 12.5. The quantitative estimate of drug-likeness (QED) is 0.832. The number of nitrogens with zero attached hydrogens (tertiary/aromatic N) is 2. The van der Waals surface area contributed by atoms with Crippen LogP contribution in [0.1, 0.15) is 38.4 Å². The molecule has 1 N–H and O–H groups in total. The highest BCUT2D eigenvalue weighted by Crippen LogP contribution is 2.18. The summed E-state index contributed by atoms with van der Waals surface area (Å²) in [5.41, 5.74) is 2.10. The predicted molar refractivity (Wildman–Crippen MR) is 82.2 cm³/mol. The van der Waals surface area contributed by atoms with Gasteiger partial charge >= 0.3 is 0 Å². The van der Waals surface area contributed by atoms with Crippen LogP contribution in [0.2, 0.25) is 0 Å². The Morgan fingerprint density at radius 2 is 2.05 bits per heavy atom. The summed E-state index contributed by atoms with van der Waals surface area (Å²) >= 11 is 0. The molecule has 2 rings (SSSR count). The summed E-state index contributed by atoms with van der Waals surface area (Å²) in [4.78, 5) is 0. The van der Waals surface area contributed by atoms with Gasteiger partial charge in [-0.15, -0.1) is 0 Å². The lowest BCUT2D eigenvalue weighted by Gasteiger charge is -2.12. The summed E-state index contributed by atoms with van der Waals surface area (Å²) in [6.45, 7) is 5.12. The molecule has 0 aliphatic rings. The third-order valence-electron chi connectivity index (χ3n) is 3.52. The Labute approximate surface area is 120 Å². The molecule has 0 aliphatic heterocycles. The van der Waals surface area contributed by atoms with E-state index in [1.807, 2.05) is 24.3 Å². The maximum absolute atomic E-state index is 5.21. The lowest BCUT2D eigenvalue weighted by molar-refractivity contribution is 0.415. The van der Waals surface area contributed by atoms with E-state index in [0.29, 0.717) is 6.04 Å². The van der Waals surface area contributed by atoms with Crippen LogP contribution in [-0.4, -0.2) is 16.9 Å². The second-order valence-corrected chi connectivity index (χ2v) is 4.84. The number of anilines is 1. The van der Waals surface area contributed by atoms with Gasteiger partial charge in [0.15, 0.2) is 0 Å². The Hall–Kier alpha value is -1.97.